The van der Waals surface area contributed by atoms with Crippen LogP contribution in [0.2, 0.25) is 0 Å². The molecule has 2 heteroatoms. The van der Waals surface area contributed by atoms with E-state index in [1.54, 1.807) is 12.1 Å². The normalized spacial score (nSPS) is 18.5. The second kappa shape index (κ2) is 4.27. The van der Waals surface area contributed by atoms with Gasteiger partial charge in [0.25, 0.3) is 5.91 Å². The molecule has 0 aliphatic heterocycles. The fraction of sp³-hybridized carbons (Fsp3) is 0.417. The Hall–Kier alpha value is -1.31. The van der Waals surface area contributed by atoms with Crippen LogP contribution in [-0.2, 0) is 0 Å². The highest BCUT2D eigenvalue weighted by Crippen LogP contribution is 2.16. The lowest BCUT2D eigenvalue weighted by atomic mass is 10.0. The molecule has 0 atom stereocenters. The average Bonchev–Trinajstić information content (AvgIpc) is 2.25. The fourth-order valence-corrected chi connectivity index (χ4v) is 1.16. The predicted molar refractivity (Wildman–Crippen MR) is 58.5 cm³/mol. The average molecular weight is 197 g/mol. The molecule has 0 radical (unpaired) electrons. The summed E-state index contributed by atoms with van der Waals surface area (Å²) in [5.41, 5.74) is 0.898. The Morgan fingerprint density at radius 2 is 2.14 bits per heavy atom. The van der Waals surface area contributed by atoms with Crippen molar-refractivity contribution in [2.24, 2.45) is 0 Å². The van der Waals surface area contributed by atoms with Crippen LogP contribution in [0.1, 0.15) is 43.9 Å². The van der Waals surface area contributed by atoms with Crippen molar-refractivity contribution >= 4 is 5.91 Å². The van der Waals surface area contributed by atoms with Gasteiger partial charge in [-0.2, -0.15) is 0 Å². The standard InChI is InChI=1S/C12H17NO/c1-9(2)10-6-5-7-11(8-10)12(14)13(3)4/h5-9H,1-4H3/i3D3,4D3. The Kier molecular flexibility index (Phi) is 1.51. The highest BCUT2D eigenvalue weighted by atomic mass is 16.2. The Bertz CT molecular complexity index is 477. The first-order chi connectivity index (χ1) is 8.94. The molecule has 1 rings (SSSR count). The quantitative estimate of drug-likeness (QED) is 0.713. The van der Waals surface area contributed by atoms with Gasteiger partial charge in [0.2, 0.25) is 0 Å². The van der Waals surface area contributed by atoms with Crippen molar-refractivity contribution in [3.63, 3.8) is 0 Å². The second-order valence-corrected chi connectivity index (χ2v) is 3.42. The Balaban J connectivity index is 3.24. The van der Waals surface area contributed by atoms with Crippen molar-refractivity contribution in [3.8, 4) is 0 Å². The van der Waals surface area contributed by atoms with E-state index in [0.29, 0.717) is 0 Å². The molecule has 1 aromatic carbocycles. The molecule has 2 nitrogen and oxygen atoms in total. The first kappa shape index (κ1) is 4.96. The van der Waals surface area contributed by atoms with Gasteiger partial charge in [-0.25, -0.2) is 0 Å². The molecule has 0 bridgehead atoms. The van der Waals surface area contributed by atoms with Crippen molar-refractivity contribution in [2.75, 3.05) is 14.0 Å². The van der Waals surface area contributed by atoms with E-state index in [2.05, 4.69) is 0 Å². The zero-order chi connectivity index (χ0) is 15.7. The van der Waals surface area contributed by atoms with Crippen LogP contribution in [-0.4, -0.2) is 24.8 Å². The summed E-state index contributed by atoms with van der Waals surface area (Å²) in [7, 11) is 0. The number of amides is 1. The summed E-state index contributed by atoms with van der Waals surface area (Å²) >= 11 is 0. The van der Waals surface area contributed by atoms with Crippen molar-refractivity contribution in [3.05, 3.63) is 35.4 Å². The van der Waals surface area contributed by atoms with E-state index < -0.39 is 19.9 Å². The fourth-order valence-electron chi connectivity index (χ4n) is 1.16. The minimum absolute atomic E-state index is 0.0283. The molecule has 0 saturated carbocycles. The van der Waals surface area contributed by atoms with Gasteiger partial charge in [-0.15, -0.1) is 0 Å². The van der Waals surface area contributed by atoms with E-state index in [9.17, 15) is 4.79 Å². The van der Waals surface area contributed by atoms with Gasteiger partial charge in [0.1, 0.15) is 0 Å². The molecular formula is C12H17NO. The van der Waals surface area contributed by atoms with Crippen LogP contribution in [0.5, 0.6) is 0 Å². The summed E-state index contributed by atoms with van der Waals surface area (Å²) in [6.07, 6.45) is 0. The van der Waals surface area contributed by atoms with Crippen molar-refractivity contribution < 1.29 is 13.0 Å². The van der Waals surface area contributed by atoms with Gasteiger partial charge in [0.15, 0.2) is 0 Å². The number of hydrogen-bond donors (Lipinski definition) is 0. The molecule has 0 aromatic heterocycles. The lowest BCUT2D eigenvalue weighted by Gasteiger charge is -2.12. The number of carbonyl (C=O) groups excluding carboxylic acids is 1. The van der Waals surface area contributed by atoms with Crippen LogP contribution < -0.4 is 0 Å². The van der Waals surface area contributed by atoms with E-state index in [1.807, 2.05) is 13.8 Å². The second-order valence-electron chi connectivity index (χ2n) is 3.42. The molecule has 1 aromatic rings. The lowest BCUT2D eigenvalue weighted by Crippen LogP contribution is -2.21. The predicted octanol–water partition coefficient (Wildman–Crippen LogP) is 2.51. The zero-order valence-corrected chi connectivity index (χ0v) is 8.24. The minimum Gasteiger partial charge on any atom is -0.345 e. The first-order valence-corrected chi connectivity index (χ1v) is 4.39. The molecule has 0 fully saturated rings. The van der Waals surface area contributed by atoms with Crippen LogP contribution in [0.4, 0.5) is 0 Å². The largest absolute Gasteiger partial charge is 0.345 e. The van der Waals surface area contributed by atoms with Crippen LogP contribution in [0.15, 0.2) is 24.3 Å². The van der Waals surface area contributed by atoms with E-state index in [0.717, 1.165) is 5.56 Å². The molecule has 1 amide bonds. The van der Waals surface area contributed by atoms with E-state index in [1.165, 1.54) is 12.1 Å². The SMILES string of the molecule is [2H]C([2H])([2H])N(C(=O)c1cccc(C(C)C)c1)C([2H])([2H])[2H]. The first-order valence-electron chi connectivity index (χ1n) is 7.39. The molecule has 0 aliphatic carbocycles. The van der Waals surface area contributed by atoms with Crippen LogP contribution in [0.25, 0.3) is 0 Å². The maximum Gasteiger partial charge on any atom is 0.253 e. The Morgan fingerprint density at radius 1 is 1.43 bits per heavy atom. The number of hydrogen-bond acceptors (Lipinski definition) is 1. The monoisotopic (exact) mass is 197 g/mol. The van der Waals surface area contributed by atoms with Gasteiger partial charge < -0.3 is 4.90 Å². The molecule has 0 spiro atoms. The molecule has 0 aliphatic rings. The highest BCUT2D eigenvalue weighted by molar-refractivity contribution is 5.94. The topological polar surface area (TPSA) is 20.3 Å². The third-order valence-corrected chi connectivity index (χ3v) is 2.00. The summed E-state index contributed by atoms with van der Waals surface area (Å²) in [6.45, 7) is -2.18. The van der Waals surface area contributed by atoms with Gasteiger partial charge >= 0.3 is 0 Å². The van der Waals surface area contributed by atoms with Gasteiger partial charge in [0.05, 0.1) is 0 Å². The highest BCUT2D eigenvalue weighted by Gasteiger charge is 2.08. The Morgan fingerprint density at radius 3 is 2.71 bits per heavy atom. The maximum atomic E-state index is 12.2. The van der Waals surface area contributed by atoms with Crippen LogP contribution in [0, 0.1) is 0 Å². The van der Waals surface area contributed by atoms with Crippen molar-refractivity contribution in [2.45, 2.75) is 19.8 Å². The molecule has 0 unspecified atom stereocenters. The van der Waals surface area contributed by atoms with E-state index in [-0.39, 0.29) is 16.4 Å². The van der Waals surface area contributed by atoms with E-state index >= 15 is 0 Å². The summed E-state index contributed by atoms with van der Waals surface area (Å²) in [5.74, 6) is -0.871. The minimum atomic E-state index is -3.02. The maximum absolute atomic E-state index is 12.2. The van der Waals surface area contributed by atoms with E-state index in [4.69, 9.17) is 8.22 Å². The zero-order valence-electron chi connectivity index (χ0n) is 14.2. The van der Waals surface area contributed by atoms with Crippen molar-refractivity contribution in [1.29, 1.82) is 0 Å². The van der Waals surface area contributed by atoms with Crippen molar-refractivity contribution in [1.82, 2.24) is 4.90 Å². The molecule has 0 saturated heterocycles. The van der Waals surface area contributed by atoms with Gasteiger partial charge in [0, 0.05) is 27.7 Å². The third kappa shape index (κ3) is 2.34. The number of rotatable bonds is 2. The summed E-state index contributed by atoms with van der Waals surface area (Å²) in [4.78, 5) is 12.2. The number of benzene rings is 1. The van der Waals surface area contributed by atoms with Gasteiger partial charge in [-0.3, -0.25) is 4.79 Å². The van der Waals surface area contributed by atoms with Crippen LogP contribution >= 0.6 is 0 Å². The lowest BCUT2D eigenvalue weighted by molar-refractivity contribution is 0.0827. The number of nitrogens with zero attached hydrogens (tertiary/aromatic N) is 1. The summed E-state index contributed by atoms with van der Waals surface area (Å²) in [5, 5.41) is 0. The Labute approximate surface area is 94.0 Å². The molecule has 76 valence electrons. The smallest absolute Gasteiger partial charge is 0.253 e. The number of carbonyl (C=O) groups is 1. The summed E-state index contributed by atoms with van der Waals surface area (Å²) in [6, 6.07) is 6.35. The van der Waals surface area contributed by atoms with Gasteiger partial charge in [-0.1, -0.05) is 26.0 Å². The molecular weight excluding hydrogens is 174 g/mol. The van der Waals surface area contributed by atoms with Crippen LogP contribution in [0.3, 0.4) is 0 Å². The molecule has 0 heterocycles. The molecule has 0 N–H and O–H groups in total. The summed E-state index contributed by atoms with van der Waals surface area (Å²) < 4.78 is 43.4. The third-order valence-electron chi connectivity index (χ3n) is 2.00. The van der Waals surface area contributed by atoms with Gasteiger partial charge in [-0.05, 0) is 23.6 Å². The molecule has 14 heavy (non-hydrogen) atoms.